The largest absolute Gasteiger partial charge is 0.335 e. The molecule has 0 saturated heterocycles. The first kappa shape index (κ1) is 17.0. The van der Waals surface area contributed by atoms with Gasteiger partial charge in [-0.05, 0) is 17.5 Å². The number of halogens is 2. The van der Waals surface area contributed by atoms with Crippen molar-refractivity contribution < 1.29 is 4.79 Å². The average Bonchev–Trinajstić information content (AvgIpc) is 3.18. The molecule has 0 spiro atoms. The zero-order valence-corrected chi connectivity index (χ0v) is 15.1. The number of anilines is 1. The van der Waals surface area contributed by atoms with Crippen LogP contribution in [0.4, 0.5) is 5.82 Å². The summed E-state index contributed by atoms with van der Waals surface area (Å²) in [4.78, 5) is 16.9. The van der Waals surface area contributed by atoms with Crippen molar-refractivity contribution in [3.63, 3.8) is 0 Å². The van der Waals surface area contributed by atoms with Crippen molar-refractivity contribution in [2.24, 2.45) is 0 Å². The van der Waals surface area contributed by atoms with Crippen LogP contribution in [0.2, 0.25) is 10.0 Å². The van der Waals surface area contributed by atoms with Crippen LogP contribution in [0.25, 0.3) is 10.7 Å². The van der Waals surface area contributed by atoms with Crippen molar-refractivity contribution in [3.05, 3.63) is 39.8 Å². The predicted molar refractivity (Wildman–Crippen MR) is 97.1 cm³/mol. The maximum Gasteiger partial charge on any atom is 0.236 e. The molecule has 3 rings (SSSR count). The Morgan fingerprint density at radius 1 is 1.42 bits per heavy atom. The van der Waals surface area contributed by atoms with Crippen LogP contribution in [0.3, 0.4) is 0 Å². The van der Waals surface area contributed by atoms with Crippen molar-refractivity contribution in [1.82, 2.24) is 19.9 Å². The number of rotatable bonds is 5. The number of aromatic nitrogens is 4. The molecule has 0 atom stereocenters. The van der Waals surface area contributed by atoms with Gasteiger partial charge in [-0.3, -0.25) is 4.79 Å². The number of hydrogen-bond donors (Lipinski definition) is 2. The van der Waals surface area contributed by atoms with Gasteiger partial charge in [-0.1, -0.05) is 41.0 Å². The van der Waals surface area contributed by atoms with Gasteiger partial charge in [0.15, 0.2) is 11.6 Å². The first-order valence-corrected chi connectivity index (χ1v) is 9.15. The van der Waals surface area contributed by atoms with Gasteiger partial charge >= 0.3 is 0 Å². The van der Waals surface area contributed by atoms with E-state index in [0.717, 1.165) is 16.6 Å². The van der Waals surface area contributed by atoms with Crippen molar-refractivity contribution in [3.8, 4) is 10.7 Å². The molecule has 0 fully saturated rings. The van der Waals surface area contributed by atoms with Crippen molar-refractivity contribution in [2.75, 3.05) is 16.9 Å². The molecule has 0 bridgehead atoms. The van der Waals surface area contributed by atoms with Gasteiger partial charge in [0.1, 0.15) is 0 Å². The number of nitrogens with two attached hydrogens (primary N) is 1. The molecular weight excluding hydrogens is 391 g/mol. The van der Waals surface area contributed by atoms with Crippen LogP contribution in [-0.2, 0) is 4.79 Å². The summed E-state index contributed by atoms with van der Waals surface area (Å²) in [5, 5.41) is 13.7. The van der Waals surface area contributed by atoms with Crippen LogP contribution in [0.5, 0.6) is 0 Å². The molecule has 3 aromatic rings. The Hall–Kier alpha value is -1.81. The van der Waals surface area contributed by atoms with E-state index in [0.29, 0.717) is 16.0 Å². The average molecular weight is 401 g/mol. The number of hydrogen-bond acceptors (Lipinski definition) is 7. The molecule has 3 heterocycles. The first-order valence-electron chi connectivity index (χ1n) is 6.52. The summed E-state index contributed by atoms with van der Waals surface area (Å²) in [5.74, 6) is 6.56. The van der Waals surface area contributed by atoms with Crippen molar-refractivity contribution in [2.45, 2.75) is 5.16 Å². The van der Waals surface area contributed by atoms with Gasteiger partial charge in [0.25, 0.3) is 0 Å². The highest BCUT2D eigenvalue weighted by molar-refractivity contribution is 7.99. The molecule has 1 amide bonds. The van der Waals surface area contributed by atoms with Crippen LogP contribution >= 0.6 is 46.3 Å². The molecule has 11 heteroatoms. The van der Waals surface area contributed by atoms with Crippen molar-refractivity contribution >= 4 is 58.0 Å². The number of nitrogen functional groups attached to an aromatic ring is 1. The normalized spacial score (nSPS) is 10.8. The molecule has 0 aliphatic heterocycles. The lowest BCUT2D eigenvalue weighted by Crippen LogP contribution is -2.17. The Labute approximate surface area is 155 Å². The molecule has 0 saturated carbocycles. The number of nitrogens with zero attached hydrogens (tertiary/aromatic N) is 4. The Balaban J connectivity index is 1.62. The number of thiophene rings is 1. The monoisotopic (exact) mass is 400 g/mol. The Morgan fingerprint density at radius 2 is 2.25 bits per heavy atom. The third-order valence-electron chi connectivity index (χ3n) is 2.80. The van der Waals surface area contributed by atoms with E-state index in [2.05, 4.69) is 20.5 Å². The van der Waals surface area contributed by atoms with E-state index in [4.69, 9.17) is 29.0 Å². The quantitative estimate of drug-likeness (QED) is 0.503. The third-order valence-corrected chi connectivity index (χ3v) is 5.11. The minimum atomic E-state index is -0.294. The van der Waals surface area contributed by atoms with Gasteiger partial charge < -0.3 is 11.2 Å². The molecule has 3 aromatic heterocycles. The summed E-state index contributed by atoms with van der Waals surface area (Å²) in [6.45, 7) is 0. The maximum atomic E-state index is 12.0. The van der Waals surface area contributed by atoms with Gasteiger partial charge in [0, 0.05) is 6.20 Å². The SMILES string of the molecule is Nn1c(SCC(=O)Nc2ncc(Cl)cc2Cl)nnc1-c1cccs1. The molecule has 0 aliphatic rings. The number of carbonyl (C=O) groups excluding carboxylic acids is 1. The van der Waals surface area contributed by atoms with E-state index in [-0.39, 0.29) is 22.5 Å². The lowest BCUT2D eigenvalue weighted by molar-refractivity contribution is -0.113. The Kier molecular flexibility index (Phi) is 5.24. The fourth-order valence-electron chi connectivity index (χ4n) is 1.75. The van der Waals surface area contributed by atoms with E-state index < -0.39 is 0 Å². The minimum Gasteiger partial charge on any atom is -0.335 e. The van der Waals surface area contributed by atoms with E-state index >= 15 is 0 Å². The number of amides is 1. The van der Waals surface area contributed by atoms with Gasteiger partial charge in [0.2, 0.25) is 11.1 Å². The second kappa shape index (κ2) is 7.39. The summed E-state index contributed by atoms with van der Waals surface area (Å²) < 4.78 is 1.36. The second-order valence-electron chi connectivity index (χ2n) is 4.47. The molecule has 24 heavy (non-hydrogen) atoms. The molecule has 124 valence electrons. The van der Waals surface area contributed by atoms with E-state index in [1.807, 2.05) is 17.5 Å². The van der Waals surface area contributed by atoms with Crippen LogP contribution in [0.1, 0.15) is 0 Å². The second-order valence-corrected chi connectivity index (χ2v) is 7.21. The van der Waals surface area contributed by atoms with Crippen LogP contribution in [0, 0.1) is 0 Å². The molecular formula is C13H10Cl2N6OS2. The highest BCUT2D eigenvalue weighted by Crippen LogP contribution is 2.26. The zero-order chi connectivity index (χ0) is 17.1. The molecule has 3 N–H and O–H groups in total. The summed E-state index contributed by atoms with van der Waals surface area (Å²) in [6, 6.07) is 5.30. The highest BCUT2D eigenvalue weighted by Gasteiger charge is 2.15. The third kappa shape index (κ3) is 3.81. The Bertz CT molecular complexity index is 867. The molecule has 0 aliphatic carbocycles. The van der Waals surface area contributed by atoms with E-state index in [1.54, 1.807) is 0 Å². The standard InChI is InChI=1S/C13H10Cl2N6OS2/c14-7-4-8(15)11(17-5-7)18-10(22)6-24-13-20-19-12(21(13)16)9-2-1-3-23-9/h1-5H,6,16H2,(H,17,18,22). The van der Waals surface area contributed by atoms with E-state index in [9.17, 15) is 4.79 Å². The number of carbonyl (C=O) groups is 1. The molecule has 0 aromatic carbocycles. The lowest BCUT2D eigenvalue weighted by Gasteiger charge is -2.06. The summed E-state index contributed by atoms with van der Waals surface area (Å²) in [5.41, 5.74) is 0. The fraction of sp³-hybridized carbons (Fsp3) is 0.0769. The van der Waals surface area contributed by atoms with Gasteiger partial charge in [-0.15, -0.1) is 21.5 Å². The topological polar surface area (TPSA) is 98.7 Å². The fourth-order valence-corrected chi connectivity index (χ4v) is 3.54. The lowest BCUT2D eigenvalue weighted by atomic mass is 10.4. The van der Waals surface area contributed by atoms with Crippen LogP contribution in [-0.4, -0.2) is 31.5 Å². The maximum absolute atomic E-state index is 12.0. The van der Waals surface area contributed by atoms with Crippen LogP contribution < -0.4 is 11.2 Å². The first-order chi connectivity index (χ1) is 11.5. The molecule has 0 unspecified atom stereocenters. The summed E-state index contributed by atoms with van der Waals surface area (Å²) >= 11 is 14.4. The van der Waals surface area contributed by atoms with E-state index in [1.165, 1.54) is 28.3 Å². The number of pyridine rings is 1. The van der Waals surface area contributed by atoms with Gasteiger partial charge in [0.05, 0.1) is 20.7 Å². The van der Waals surface area contributed by atoms with Crippen LogP contribution in [0.15, 0.2) is 34.9 Å². The predicted octanol–water partition coefficient (Wildman–Crippen LogP) is 3.15. The van der Waals surface area contributed by atoms with Crippen molar-refractivity contribution in [1.29, 1.82) is 0 Å². The Morgan fingerprint density at radius 3 is 2.96 bits per heavy atom. The molecule has 7 nitrogen and oxygen atoms in total. The summed E-state index contributed by atoms with van der Waals surface area (Å²) in [7, 11) is 0. The summed E-state index contributed by atoms with van der Waals surface area (Å²) in [6.07, 6.45) is 1.40. The van der Waals surface area contributed by atoms with Gasteiger partial charge in [-0.25, -0.2) is 9.66 Å². The molecule has 0 radical (unpaired) electrons. The van der Waals surface area contributed by atoms with Gasteiger partial charge in [-0.2, -0.15) is 0 Å². The zero-order valence-electron chi connectivity index (χ0n) is 11.9. The minimum absolute atomic E-state index is 0.0837. The smallest absolute Gasteiger partial charge is 0.236 e. The highest BCUT2D eigenvalue weighted by atomic mass is 35.5. The number of thioether (sulfide) groups is 1. The number of nitrogens with one attached hydrogen (secondary N) is 1.